The summed E-state index contributed by atoms with van der Waals surface area (Å²) in [4.78, 5) is 22.2. The third-order valence-corrected chi connectivity index (χ3v) is 6.79. The molecule has 1 aliphatic heterocycles. The molecular formula is C26H39ClN4O2. The van der Waals surface area contributed by atoms with Gasteiger partial charge in [-0.15, -0.1) is 0 Å². The summed E-state index contributed by atoms with van der Waals surface area (Å²) in [5, 5.41) is 3.86. The van der Waals surface area contributed by atoms with Crippen molar-refractivity contribution < 1.29 is 9.21 Å². The Hall–Kier alpha value is -1.89. The lowest BCUT2D eigenvalue weighted by molar-refractivity contribution is -0.126. The molecule has 33 heavy (non-hydrogen) atoms. The molecule has 1 fully saturated rings. The third-order valence-electron chi connectivity index (χ3n) is 6.54. The zero-order chi connectivity index (χ0) is 23.6. The van der Waals surface area contributed by atoms with Gasteiger partial charge in [-0.2, -0.15) is 0 Å². The number of aromatic nitrogens is 1. The van der Waals surface area contributed by atoms with Crippen molar-refractivity contribution in [2.24, 2.45) is 5.92 Å². The number of likely N-dealkylation sites (tertiary alicyclic amines) is 1. The highest BCUT2D eigenvalue weighted by Gasteiger charge is 2.26. The maximum Gasteiger partial charge on any atom is 0.226 e. The highest BCUT2D eigenvalue weighted by molar-refractivity contribution is 6.30. The third kappa shape index (κ3) is 7.83. The van der Waals surface area contributed by atoms with Crippen molar-refractivity contribution in [3.05, 3.63) is 40.7 Å². The van der Waals surface area contributed by atoms with Crippen LogP contribution in [0.2, 0.25) is 5.02 Å². The first-order chi connectivity index (χ1) is 16.0. The average Bonchev–Trinajstić information content (AvgIpc) is 3.19. The van der Waals surface area contributed by atoms with Gasteiger partial charge in [0.1, 0.15) is 5.76 Å². The van der Waals surface area contributed by atoms with Gasteiger partial charge in [0, 0.05) is 29.6 Å². The van der Waals surface area contributed by atoms with Crippen LogP contribution >= 0.6 is 11.6 Å². The van der Waals surface area contributed by atoms with Crippen LogP contribution in [0.4, 0.5) is 0 Å². The lowest BCUT2D eigenvalue weighted by Crippen LogP contribution is -2.41. The van der Waals surface area contributed by atoms with Gasteiger partial charge in [0.05, 0.1) is 5.69 Å². The quantitative estimate of drug-likeness (QED) is 0.431. The Balaban J connectivity index is 1.39. The second-order valence-electron chi connectivity index (χ2n) is 9.01. The molecule has 3 rings (SSSR count). The number of benzene rings is 1. The van der Waals surface area contributed by atoms with Gasteiger partial charge in [-0.1, -0.05) is 31.9 Å². The largest absolute Gasteiger partial charge is 0.441 e. The molecule has 1 aromatic heterocycles. The molecule has 2 heterocycles. The summed E-state index contributed by atoms with van der Waals surface area (Å²) >= 11 is 5.98. The zero-order valence-electron chi connectivity index (χ0n) is 20.4. The molecule has 0 radical (unpaired) electrons. The van der Waals surface area contributed by atoms with Crippen LogP contribution in [0.15, 0.2) is 28.7 Å². The minimum absolute atomic E-state index is 0.117. The number of hydrogen-bond acceptors (Lipinski definition) is 5. The molecule has 1 saturated heterocycles. The van der Waals surface area contributed by atoms with E-state index in [9.17, 15) is 4.79 Å². The Morgan fingerprint density at radius 2 is 1.88 bits per heavy atom. The molecule has 1 N–H and O–H groups in total. The number of hydrogen-bond donors (Lipinski definition) is 1. The Kier molecular flexibility index (Phi) is 10.2. The summed E-state index contributed by atoms with van der Waals surface area (Å²) in [6.45, 7) is 13.0. The zero-order valence-corrected chi connectivity index (χ0v) is 21.2. The topological polar surface area (TPSA) is 61.6 Å². The molecule has 0 atom stereocenters. The van der Waals surface area contributed by atoms with Crippen LogP contribution in [0.25, 0.3) is 11.5 Å². The number of carbonyl (C=O) groups is 1. The van der Waals surface area contributed by atoms with Gasteiger partial charge >= 0.3 is 0 Å². The van der Waals surface area contributed by atoms with Gasteiger partial charge in [-0.3, -0.25) is 9.69 Å². The summed E-state index contributed by atoms with van der Waals surface area (Å²) in [6, 6.07) is 7.54. The van der Waals surface area contributed by atoms with Crippen molar-refractivity contribution in [1.29, 1.82) is 0 Å². The van der Waals surface area contributed by atoms with Crippen LogP contribution in [0.3, 0.4) is 0 Å². The normalized spacial score (nSPS) is 15.3. The fourth-order valence-corrected chi connectivity index (χ4v) is 4.45. The van der Waals surface area contributed by atoms with E-state index in [1.165, 1.54) is 12.8 Å². The number of nitrogens with one attached hydrogen (secondary N) is 1. The van der Waals surface area contributed by atoms with E-state index < -0.39 is 0 Å². The lowest BCUT2D eigenvalue weighted by atomic mass is 9.95. The summed E-state index contributed by atoms with van der Waals surface area (Å²) in [5.41, 5.74) is 1.89. The summed E-state index contributed by atoms with van der Waals surface area (Å²) in [6.07, 6.45) is 5.28. The fourth-order valence-electron chi connectivity index (χ4n) is 4.32. The van der Waals surface area contributed by atoms with Crippen molar-refractivity contribution >= 4 is 17.5 Å². The minimum Gasteiger partial charge on any atom is -0.441 e. The molecule has 0 spiro atoms. The Labute approximate surface area is 203 Å². The Morgan fingerprint density at radius 1 is 1.18 bits per heavy atom. The molecule has 0 bridgehead atoms. The van der Waals surface area contributed by atoms with E-state index in [1.807, 2.05) is 31.2 Å². The number of amides is 1. The SMILES string of the molecule is CCCCN(CC)CCCNC(=O)C1CCN(Cc2nc(-c3ccc(Cl)cc3)oc2C)CC1. The van der Waals surface area contributed by atoms with Crippen LogP contribution in [-0.2, 0) is 11.3 Å². The van der Waals surface area contributed by atoms with E-state index in [-0.39, 0.29) is 11.8 Å². The van der Waals surface area contributed by atoms with Gasteiger partial charge in [0.2, 0.25) is 11.8 Å². The summed E-state index contributed by atoms with van der Waals surface area (Å²) in [7, 11) is 0. The maximum absolute atomic E-state index is 12.6. The summed E-state index contributed by atoms with van der Waals surface area (Å²) in [5.74, 6) is 1.81. The van der Waals surface area contributed by atoms with Crippen molar-refractivity contribution in [3.8, 4) is 11.5 Å². The Bertz CT molecular complexity index is 860. The predicted octanol–water partition coefficient (Wildman–Crippen LogP) is 5.14. The van der Waals surface area contributed by atoms with E-state index in [2.05, 4.69) is 29.0 Å². The first-order valence-corrected chi connectivity index (χ1v) is 12.8. The lowest BCUT2D eigenvalue weighted by Gasteiger charge is -2.30. The molecule has 2 aromatic rings. The van der Waals surface area contributed by atoms with Crippen molar-refractivity contribution in [3.63, 3.8) is 0 Å². The van der Waals surface area contributed by atoms with E-state index in [0.717, 1.165) is 82.1 Å². The molecule has 6 nitrogen and oxygen atoms in total. The highest BCUT2D eigenvalue weighted by Crippen LogP contribution is 2.25. The molecule has 0 unspecified atom stereocenters. The number of oxazole rings is 1. The molecule has 182 valence electrons. The minimum atomic E-state index is 0.117. The number of piperidine rings is 1. The standard InChI is InChI=1S/C26H39ClN4O2/c1-4-6-15-30(5-2)16-7-14-28-25(32)21-12-17-31(18-13-21)19-24-20(3)33-26(29-24)22-8-10-23(27)11-9-22/h8-11,21H,4-7,12-19H2,1-3H3,(H,28,32). The van der Waals surface area contributed by atoms with E-state index in [4.69, 9.17) is 21.0 Å². The molecule has 1 aliphatic rings. The molecule has 0 aliphatic carbocycles. The number of nitrogens with zero attached hydrogens (tertiary/aromatic N) is 3. The number of halogens is 1. The number of unbranched alkanes of at least 4 members (excludes halogenated alkanes) is 1. The molecule has 1 aromatic carbocycles. The number of aryl methyl sites for hydroxylation is 1. The van der Waals surface area contributed by atoms with Gasteiger partial charge in [0.25, 0.3) is 0 Å². The van der Waals surface area contributed by atoms with Gasteiger partial charge in [0.15, 0.2) is 0 Å². The van der Waals surface area contributed by atoms with Crippen molar-refractivity contribution in [2.75, 3.05) is 39.3 Å². The number of rotatable bonds is 12. The van der Waals surface area contributed by atoms with Gasteiger partial charge in [-0.05, 0) is 89.6 Å². The van der Waals surface area contributed by atoms with Crippen LogP contribution in [0.5, 0.6) is 0 Å². The van der Waals surface area contributed by atoms with Crippen LogP contribution in [0.1, 0.15) is 57.4 Å². The van der Waals surface area contributed by atoms with Crippen LogP contribution < -0.4 is 5.32 Å². The maximum atomic E-state index is 12.6. The fraction of sp³-hybridized carbons (Fsp3) is 0.615. The molecular weight excluding hydrogens is 436 g/mol. The molecule has 7 heteroatoms. The van der Waals surface area contributed by atoms with Crippen molar-refractivity contribution in [2.45, 2.75) is 59.4 Å². The highest BCUT2D eigenvalue weighted by atomic mass is 35.5. The molecule has 0 saturated carbocycles. The van der Waals surface area contributed by atoms with Crippen LogP contribution in [-0.4, -0.2) is 60.0 Å². The second kappa shape index (κ2) is 13.1. The van der Waals surface area contributed by atoms with Crippen LogP contribution in [0, 0.1) is 12.8 Å². The summed E-state index contributed by atoms with van der Waals surface area (Å²) < 4.78 is 5.89. The average molecular weight is 475 g/mol. The molecule has 1 amide bonds. The monoisotopic (exact) mass is 474 g/mol. The smallest absolute Gasteiger partial charge is 0.226 e. The van der Waals surface area contributed by atoms with E-state index in [0.29, 0.717) is 10.9 Å². The Morgan fingerprint density at radius 3 is 2.55 bits per heavy atom. The second-order valence-corrected chi connectivity index (χ2v) is 9.45. The van der Waals surface area contributed by atoms with Gasteiger partial charge < -0.3 is 14.6 Å². The first kappa shape index (κ1) is 25.7. The first-order valence-electron chi connectivity index (χ1n) is 12.4. The van der Waals surface area contributed by atoms with E-state index in [1.54, 1.807) is 0 Å². The van der Waals surface area contributed by atoms with Gasteiger partial charge in [-0.25, -0.2) is 4.98 Å². The van der Waals surface area contributed by atoms with Crippen molar-refractivity contribution in [1.82, 2.24) is 20.1 Å². The van der Waals surface area contributed by atoms with E-state index >= 15 is 0 Å². The predicted molar refractivity (Wildman–Crippen MR) is 134 cm³/mol. The number of carbonyl (C=O) groups excluding carboxylic acids is 1.